The molecule has 0 aliphatic rings. The number of alkyl halides is 3. The van der Waals surface area contributed by atoms with E-state index in [1.165, 1.54) is 17.7 Å². The van der Waals surface area contributed by atoms with Crippen molar-refractivity contribution in [3.63, 3.8) is 0 Å². The molecule has 0 bridgehead atoms. The monoisotopic (exact) mass is 420 g/mol. The molecule has 0 unspecified atom stereocenters. The fourth-order valence-corrected chi connectivity index (χ4v) is 3.52. The summed E-state index contributed by atoms with van der Waals surface area (Å²) in [5, 5.41) is 11.7. The summed E-state index contributed by atoms with van der Waals surface area (Å²) in [6.07, 6.45) is -4.07. The summed E-state index contributed by atoms with van der Waals surface area (Å²) in [5.74, 6) is 0.890. The van der Waals surface area contributed by atoms with E-state index in [4.69, 9.17) is 0 Å². The first kappa shape index (κ1) is 20.9. The number of carbonyl (C=O) groups is 1. The summed E-state index contributed by atoms with van der Waals surface area (Å²) in [5.41, 5.74) is 0.297. The van der Waals surface area contributed by atoms with Crippen molar-refractivity contribution in [2.45, 2.75) is 23.5 Å². The second kappa shape index (κ2) is 9.13. The molecule has 0 aliphatic carbocycles. The van der Waals surface area contributed by atoms with Crippen LogP contribution in [0.15, 0.2) is 59.8 Å². The van der Waals surface area contributed by atoms with Crippen molar-refractivity contribution in [3.8, 4) is 0 Å². The highest BCUT2D eigenvalue weighted by Gasteiger charge is 2.30. The van der Waals surface area contributed by atoms with E-state index in [0.29, 0.717) is 12.2 Å². The minimum atomic E-state index is -4.48. The van der Waals surface area contributed by atoms with E-state index in [-0.39, 0.29) is 12.1 Å². The van der Waals surface area contributed by atoms with E-state index in [1.807, 2.05) is 41.9 Å². The molecule has 0 saturated heterocycles. The number of thioether (sulfide) groups is 1. The summed E-state index contributed by atoms with van der Waals surface area (Å²) in [6, 6.07) is 14.3. The second-order valence-electron chi connectivity index (χ2n) is 6.32. The highest BCUT2D eigenvalue weighted by molar-refractivity contribution is 7.98. The zero-order valence-electron chi connectivity index (χ0n) is 15.6. The molecule has 9 heteroatoms. The zero-order valence-corrected chi connectivity index (χ0v) is 16.4. The number of hydrogen-bond acceptors (Lipinski definition) is 4. The van der Waals surface area contributed by atoms with Crippen molar-refractivity contribution in [1.29, 1.82) is 0 Å². The number of aromatic nitrogens is 3. The maximum Gasteiger partial charge on any atom is 0.416 e. The Kier molecular flexibility index (Phi) is 6.58. The number of carbonyl (C=O) groups excluding carboxylic acids is 1. The predicted octanol–water partition coefficient (Wildman–Crippen LogP) is 4.10. The normalized spacial score (nSPS) is 11.4. The largest absolute Gasteiger partial charge is 0.416 e. The molecule has 5 nitrogen and oxygen atoms in total. The lowest BCUT2D eigenvalue weighted by Gasteiger charge is -2.09. The van der Waals surface area contributed by atoms with Gasteiger partial charge >= 0.3 is 6.18 Å². The third kappa shape index (κ3) is 5.60. The topological polar surface area (TPSA) is 59.8 Å². The zero-order chi connectivity index (χ0) is 20.9. The summed E-state index contributed by atoms with van der Waals surface area (Å²) in [4.78, 5) is 12.1. The van der Waals surface area contributed by atoms with Crippen molar-refractivity contribution in [2.24, 2.45) is 7.05 Å². The SMILES string of the molecule is Cn1c(CCNC(=O)c2cccc(C(F)(F)F)c2)nnc1SCc1ccccc1. The van der Waals surface area contributed by atoms with Gasteiger partial charge in [-0.25, -0.2) is 0 Å². The van der Waals surface area contributed by atoms with Gasteiger partial charge in [-0.2, -0.15) is 13.2 Å². The number of rotatable bonds is 7. The number of benzene rings is 2. The van der Waals surface area contributed by atoms with Crippen molar-refractivity contribution in [3.05, 3.63) is 77.1 Å². The van der Waals surface area contributed by atoms with E-state index in [0.717, 1.165) is 23.0 Å². The molecule has 0 radical (unpaired) electrons. The molecule has 3 aromatic rings. The van der Waals surface area contributed by atoms with Crippen LogP contribution in [-0.2, 0) is 25.4 Å². The van der Waals surface area contributed by atoms with Crippen LogP contribution in [0.2, 0.25) is 0 Å². The van der Waals surface area contributed by atoms with Crippen molar-refractivity contribution < 1.29 is 18.0 Å². The summed E-state index contributed by atoms with van der Waals surface area (Å²) in [7, 11) is 1.84. The maximum absolute atomic E-state index is 12.8. The second-order valence-corrected chi connectivity index (χ2v) is 7.26. The van der Waals surface area contributed by atoms with E-state index in [1.54, 1.807) is 11.8 Å². The van der Waals surface area contributed by atoms with Crippen LogP contribution in [0.3, 0.4) is 0 Å². The van der Waals surface area contributed by atoms with Gasteiger partial charge in [-0.3, -0.25) is 4.79 Å². The lowest BCUT2D eigenvalue weighted by molar-refractivity contribution is -0.137. The fraction of sp³-hybridized carbons (Fsp3) is 0.250. The Labute approximate surface area is 170 Å². The van der Waals surface area contributed by atoms with E-state index < -0.39 is 17.6 Å². The van der Waals surface area contributed by atoms with Gasteiger partial charge in [-0.15, -0.1) is 10.2 Å². The van der Waals surface area contributed by atoms with Crippen LogP contribution in [0.5, 0.6) is 0 Å². The van der Waals surface area contributed by atoms with Crippen LogP contribution in [0.1, 0.15) is 27.3 Å². The molecule has 0 fully saturated rings. The van der Waals surface area contributed by atoms with Crippen LogP contribution >= 0.6 is 11.8 Å². The Hall–Kier alpha value is -2.81. The minimum Gasteiger partial charge on any atom is -0.352 e. The summed E-state index contributed by atoms with van der Waals surface area (Å²) in [6.45, 7) is 0.240. The van der Waals surface area contributed by atoms with Gasteiger partial charge in [0.25, 0.3) is 5.91 Å². The predicted molar refractivity (Wildman–Crippen MR) is 104 cm³/mol. The molecule has 3 rings (SSSR count). The van der Waals surface area contributed by atoms with E-state index in [2.05, 4.69) is 15.5 Å². The molecule has 1 N–H and O–H groups in total. The average molecular weight is 420 g/mol. The highest BCUT2D eigenvalue weighted by Crippen LogP contribution is 2.29. The van der Waals surface area contributed by atoms with Crippen molar-refractivity contribution in [1.82, 2.24) is 20.1 Å². The highest BCUT2D eigenvalue weighted by atomic mass is 32.2. The fourth-order valence-electron chi connectivity index (χ4n) is 2.64. The molecular formula is C20H19F3N4OS. The summed E-state index contributed by atoms with van der Waals surface area (Å²) < 4.78 is 40.2. The number of hydrogen-bond donors (Lipinski definition) is 1. The molecule has 0 aliphatic heterocycles. The van der Waals surface area contributed by atoms with Crippen molar-refractivity contribution >= 4 is 17.7 Å². The Balaban J connectivity index is 1.53. The van der Waals surface area contributed by atoms with Gasteiger partial charge in [0.15, 0.2) is 5.16 Å². The molecule has 1 heterocycles. The van der Waals surface area contributed by atoms with Gasteiger partial charge in [0.1, 0.15) is 5.82 Å². The van der Waals surface area contributed by atoms with Crippen LogP contribution in [0.4, 0.5) is 13.2 Å². The molecule has 1 amide bonds. The van der Waals surface area contributed by atoms with Crippen LogP contribution in [0, 0.1) is 0 Å². The molecule has 0 saturated carbocycles. The third-order valence-corrected chi connectivity index (χ3v) is 5.31. The van der Waals surface area contributed by atoms with E-state index in [9.17, 15) is 18.0 Å². The van der Waals surface area contributed by atoms with Gasteiger partial charge in [0.05, 0.1) is 5.56 Å². The first-order chi connectivity index (χ1) is 13.8. The smallest absolute Gasteiger partial charge is 0.352 e. The lowest BCUT2D eigenvalue weighted by atomic mass is 10.1. The standard InChI is InChI=1S/C20H19F3N4OS/c1-27-17(25-26-19(27)29-13-14-6-3-2-4-7-14)10-11-24-18(28)15-8-5-9-16(12-15)20(21,22)23/h2-9,12H,10-11,13H2,1H3,(H,24,28). The molecule has 1 aromatic heterocycles. The number of nitrogens with one attached hydrogen (secondary N) is 1. The van der Waals surface area contributed by atoms with Gasteiger partial charge in [-0.05, 0) is 23.8 Å². The summed E-state index contributed by atoms with van der Waals surface area (Å²) >= 11 is 1.56. The van der Waals surface area contributed by atoms with Gasteiger partial charge < -0.3 is 9.88 Å². The molecule has 29 heavy (non-hydrogen) atoms. The molecule has 2 aromatic carbocycles. The quantitative estimate of drug-likeness (QED) is 0.585. The van der Waals surface area contributed by atoms with Gasteiger partial charge in [0, 0.05) is 31.3 Å². The third-order valence-electron chi connectivity index (χ3n) is 4.22. The number of amides is 1. The van der Waals surface area contributed by atoms with Crippen molar-refractivity contribution in [2.75, 3.05) is 6.54 Å². The van der Waals surface area contributed by atoms with Crippen LogP contribution in [0.25, 0.3) is 0 Å². The van der Waals surface area contributed by atoms with Crippen LogP contribution < -0.4 is 5.32 Å². The first-order valence-electron chi connectivity index (χ1n) is 8.85. The van der Waals surface area contributed by atoms with Gasteiger partial charge in [0.2, 0.25) is 0 Å². The maximum atomic E-state index is 12.8. The number of nitrogens with zero attached hydrogens (tertiary/aromatic N) is 3. The molecule has 152 valence electrons. The Bertz CT molecular complexity index is 973. The lowest BCUT2D eigenvalue weighted by Crippen LogP contribution is -2.26. The molecule has 0 atom stereocenters. The Morgan fingerprint density at radius 2 is 1.86 bits per heavy atom. The van der Waals surface area contributed by atoms with Gasteiger partial charge in [-0.1, -0.05) is 48.2 Å². The molecular weight excluding hydrogens is 401 g/mol. The Morgan fingerprint density at radius 3 is 2.59 bits per heavy atom. The number of halogens is 3. The van der Waals surface area contributed by atoms with E-state index >= 15 is 0 Å². The molecule has 0 spiro atoms. The van der Waals surface area contributed by atoms with Crippen LogP contribution in [-0.4, -0.2) is 27.2 Å². The Morgan fingerprint density at radius 1 is 1.10 bits per heavy atom. The minimum absolute atomic E-state index is 0.0307. The average Bonchev–Trinajstić information content (AvgIpc) is 3.06. The first-order valence-corrected chi connectivity index (χ1v) is 9.83.